The molecule has 0 aliphatic heterocycles. The van der Waals surface area contributed by atoms with Gasteiger partial charge < -0.3 is 4.98 Å². The van der Waals surface area contributed by atoms with Gasteiger partial charge in [-0.25, -0.2) is 0 Å². The standard InChI is InChI=1S/C15H29NSi/c1-12(2)11-13-9-8-10-14(13)17(6,7)16-15(3,4)5/h8-9,12,16H,10-11H2,1-7H3. The van der Waals surface area contributed by atoms with E-state index in [1.807, 2.05) is 0 Å². The van der Waals surface area contributed by atoms with Gasteiger partial charge in [0.2, 0.25) is 0 Å². The largest absolute Gasteiger partial charge is 0.329 e. The minimum absolute atomic E-state index is 0.217. The van der Waals surface area contributed by atoms with Gasteiger partial charge in [-0.3, -0.25) is 0 Å². The highest BCUT2D eigenvalue weighted by Crippen LogP contribution is 2.31. The fourth-order valence-electron chi connectivity index (χ4n) is 2.85. The maximum atomic E-state index is 3.88. The van der Waals surface area contributed by atoms with Crippen LogP contribution in [0.25, 0.3) is 0 Å². The second kappa shape index (κ2) is 5.11. The molecule has 1 N–H and O–H groups in total. The lowest BCUT2D eigenvalue weighted by atomic mass is 10.0. The van der Waals surface area contributed by atoms with Crippen molar-refractivity contribution in [3.63, 3.8) is 0 Å². The van der Waals surface area contributed by atoms with Crippen molar-refractivity contribution in [1.29, 1.82) is 0 Å². The lowest BCUT2D eigenvalue weighted by Crippen LogP contribution is -2.55. The van der Waals surface area contributed by atoms with Gasteiger partial charge in [0.05, 0.1) is 0 Å². The Morgan fingerprint density at radius 2 is 1.88 bits per heavy atom. The van der Waals surface area contributed by atoms with E-state index >= 15 is 0 Å². The van der Waals surface area contributed by atoms with Crippen molar-refractivity contribution < 1.29 is 0 Å². The molecule has 0 spiro atoms. The van der Waals surface area contributed by atoms with Gasteiger partial charge in [-0.1, -0.05) is 49.9 Å². The average Bonchev–Trinajstić information content (AvgIpc) is 2.46. The quantitative estimate of drug-likeness (QED) is 0.729. The van der Waals surface area contributed by atoms with E-state index in [2.05, 4.69) is 64.8 Å². The van der Waals surface area contributed by atoms with Crippen molar-refractivity contribution in [2.24, 2.45) is 5.92 Å². The van der Waals surface area contributed by atoms with Crippen LogP contribution in [0.5, 0.6) is 0 Å². The fourth-order valence-corrected chi connectivity index (χ4v) is 6.49. The number of rotatable bonds is 4. The average molecular weight is 251 g/mol. The Morgan fingerprint density at radius 3 is 2.35 bits per heavy atom. The fraction of sp³-hybridized carbons (Fsp3) is 0.733. The molecule has 1 rings (SSSR count). The Hall–Kier alpha value is -0.343. The van der Waals surface area contributed by atoms with Crippen LogP contribution < -0.4 is 4.98 Å². The lowest BCUT2D eigenvalue weighted by molar-refractivity contribution is 0.513. The molecule has 17 heavy (non-hydrogen) atoms. The molecule has 0 heterocycles. The highest BCUT2D eigenvalue weighted by Gasteiger charge is 2.32. The third-order valence-corrected chi connectivity index (χ3v) is 6.51. The second-order valence-electron chi connectivity index (χ2n) is 7.21. The number of nitrogens with one attached hydrogen (secondary N) is 1. The summed E-state index contributed by atoms with van der Waals surface area (Å²) in [6.45, 7) is 16.3. The maximum Gasteiger partial charge on any atom is 0.148 e. The Morgan fingerprint density at radius 1 is 1.29 bits per heavy atom. The third-order valence-electron chi connectivity index (χ3n) is 3.10. The van der Waals surface area contributed by atoms with Gasteiger partial charge in [-0.05, 0) is 39.5 Å². The van der Waals surface area contributed by atoms with Crippen LogP contribution in [0, 0.1) is 5.92 Å². The molecule has 0 atom stereocenters. The SMILES string of the molecule is CC(C)CC1=C([Si](C)(C)NC(C)(C)C)CC=C1. The summed E-state index contributed by atoms with van der Waals surface area (Å²) in [5.74, 6) is 0.752. The van der Waals surface area contributed by atoms with Crippen molar-refractivity contribution in [3.8, 4) is 0 Å². The van der Waals surface area contributed by atoms with E-state index in [9.17, 15) is 0 Å². The Bertz CT molecular complexity index is 329. The summed E-state index contributed by atoms with van der Waals surface area (Å²) >= 11 is 0. The van der Waals surface area contributed by atoms with Gasteiger partial charge >= 0.3 is 0 Å². The first-order valence-corrected chi connectivity index (χ1v) is 9.80. The van der Waals surface area contributed by atoms with E-state index in [-0.39, 0.29) is 5.54 Å². The zero-order valence-electron chi connectivity index (χ0n) is 12.6. The van der Waals surface area contributed by atoms with E-state index in [4.69, 9.17) is 0 Å². The summed E-state index contributed by atoms with van der Waals surface area (Å²) in [6.07, 6.45) is 7.10. The van der Waals surface area contributed by atoms with Crippen LogP contribution in [-0.4, -0.2) is 13.8 Å². The van der Waals surface area contributed by atoms with E-state index in [0.29, 0.717) is 0 Å². The first-order chi connectivity index (χ1) is 7.62. The molecule has 98 valence electrons. The first kappa shape index (κ1) is 14.7. The summed E-state index contributed by atoms with van der Waals surface area (Å²) < 4.78 is 0. The van der Waals surface area contributed by atoms with Crippen LogP contribution in [0.4, 0.5) is 0 Å². The third kappa shape index (κ3) is 4.44. The summed E-state index contributed by atoms with van der Waals surface area (Å²) in [4.78, 5) is 3.88. The van der Waals surface area contributed by atoms with E-state index in [1.54, 1.807) is 10.8 Å². The molecule has 1 aliphatic rings. The normalized spacial score (nSPS) is 17.4. The van der Waals surface area contributed by atoms with Gasteiger partial charge in [0.15, 0.2) is 0 Å². The zero-order chi connectivity index (χ0) is 13.3. The van der Waals surface area contributed by atoms with Crippen LogP contribution in [0.15, 0.2) is 22.9 Å². The topological polar surface area (TPSA) is 12.0 Å². The smallest absolute Gasteiger partial charge is 0.148 e. The summed E-state index contributed by atoms with van der Waals surface area (Å²) in [5.41, 5.74) is 1.82. The van der Waals surface area contributed by atoms with Gasteiger partial charge in [-0.15, -0.1) is 0 Å². The van der Waals surface area contributed by atoms with Gasteiger partial charge in [0.25, 0.3) is 0 Å². The molecule has 0 fully saturated rings. The van der Waals surface area contributed by atoms with E-state index < -0.39 is 8.24 Å². The van der Waals surface area contributed by atoms with Crippen molar-refractivity contribution in [2.75, 3.05) is 0 Å². The molecule has 0 saturated heterocycles. The summed E-state index contributed by atoms with van der Waals surface area (Å²) in [6, 6.07) is 0. The zero-order valence-corrected chi connectivity index (χ0v) is 13.6. The molecule has 0 aromatic rings. The molecular weight excluding hydrogens is 222 g/mol. The van der Waals surface area contributed by atoms with Crippen molar-refractivity contribution in [3.05, 3.63) is 22.9 Å². The predicted octanol–water partition coefficient (Wildman–Crippen LogP) is 4.42. The predicted molar refractivity (Wildman–Crippen MR) is 80.6 cm³/mol. The monoisotopic (exact) mass is 251 g/mol. The van der Waals surface area contributed by atoms with Gasteiger partial charge in [-0.2, -0.15) is 0 Å². The van der Waals surface area contributed by atoms with Gasteiger partial charge in [0.1, 0.15) is 8.24 Å². The van der Waals surface area contributed by atoms with Crippen LogP contribution in [-0.2, 0) is 0 Å². The lowest BCUT2D eigenvalue weighted by Gasteiger charge is -2.35. The highest BCUT2D eigenvalue weighted by atomic mass is 28.3. The molecule has 1 aliphatic carbocycles. The minimum Gasteiger partial charge on any atom is -0.329 e. The minimum atomic E-state index is -1.47. The molecule has 0 bridgehead atoms. The van der Waals surface area contributed by atoms with Crippen LogP contribution in [0.1, 0.15) is 47.5 Å². The van der Waals surface area contributed by atoms with Crippen LogP contribution in [0.3, 0.4) is 0 Å². The molecule has 0 amide bonds. The second-order valence-corrected chi connectivity index (χ2v) is 11.3. The Balaban J connectivity index is 2.90. The van der Waals surface area contributed by atoms with Crippen molar-refractivity contribution in [2.45, 2.75) is 66.1 Å². The summed E-state index contributed by atoms with van der Waals surface area (Å²) in [5, 5.41) is 1.71. The van der Waals surface area contributed by atoms with E-state index in [0.717, 1.165) is 5.92 Å². The maximum absolute atomic E-state index is 3.88. The highest BCUT2D eigenvalue weighted by molar-refractivity contribution is 6.82. The Labute approximate surface area is 108 Å². The van der Waals surface area contributed by atoms with Crippen molar-refractivity contribution >= 4 is 8.24 Å². The van der Waals surface area contributed by atoms with E-state index in [1.165, 1.54) is 12.8 Å². The molecule has 1 nitrogen and oxygen atoms in total. The summed E-state index contributed by atoms with van der Waals surface area (Å²) in [7, 11) is -1.47. The Kier molecular flexibility index (Phi) is 4.42. The molecular formula is C15H29NSi. The molecule has 0 aromatic carbocycles. The number of hydrogen-bond acceptors (Lipinski definition) is 1. The molecule has 0 unspecified atom stereocenters. The molecule has 2 heteroatoms. The molecule has 0 saturated carbocycles. The molecule has 0 aromatic heterocycles. The molecule has 0 radical (unpaired) electrons. The van der Waals surface area contributed by atoms with Crippen molar-refractivity contribution in [1.82, 2.24) is 4.98 Å². The number of allylic oxidation sites excluding steroid dienone is 4. The van der Waals surface area contributed by atoms with Crippen LogP contribution >= 0.6 is 0 Å². The number of hydrogen-bond donors (Lipinski definition) is 1. The first-order valence-electron chi connectivity index (χ1n) is 6.80. The van der Waals surface area contributed by atoms with Crippen LogP contribution in [0.2, 0.25) is 13.1 Å². The van der Waals surface area contributed by atoms with Gasteiger partial charge in [0, 0.05) is 5.54 Å².